The molecule has 2 heterocycles. The number of thioether (sulfide) groups is 1. The molecule has 0 spiro atoms. The van der Waals surface area contributed by atoms with Gasteiger partial charge in [0.05, 0.1) is 17.1 Å². The van der Waals surface area contributed by atoms with E-state index in [9.17, 15) is 13.2 Å². The lowest BCUT2D eigenvalue weighted by atomic mass is 9.98. The normalized spacial score (nSPS) is 17.9. The lowest BCUT2D eigenvalue weighted by Crippen LogP contribution is -2.40. The minimum Gasteiger partial charge on any atom is -0.288 e. The van der Waals surface area contributed by atoms with E-state index in [1.54, 1.807) is 10.7 Å². The van der Waals surface area contributed by atoms with Gasteiger partial charge in [-0.15, -0.1) is 5.10 Å². The van der Waals surface area contributed by atoms with Gasteiger partial charge in [-0.25, -0.2) is 4.68 Å². The van der Waals surface area contributed by atoms with Crippen molar-refractivity contribution < 1.29 is 13.2 Å². The van der Waals surface area contributed by atoms with Crippen LogP contribution in [0.25, 0.3) is 0 Å². The Morgan fingerprint density at radius 3 is 2.52 bits per heavy atom. The number of alkyl halides is 3. The van der Waals surface area contributed by atoms with Crippen LogP contribution in [0.2, 0.25) is 0 Å². The van der Waals surface area contributed by atoms with Gasteiger partial charge >= 0.3 is 6.18 Å². The van der Waals surface area contributed by atoms with Crippen molar-refractivity contribution in [3.63, 3.8) is 0 Å². The van der Waals surface area contributed by atoms with E-state index in [0.717, 1.165) is 37.1 Å². The first kappa shape index (κ1) is 20.1. The van der Waals surface area contributed by atoms with Gasteiger partial charge in [-0.3, -0.25) is 4.90 Å². The summed E-state index contributed by atoms with van der Waals surface area (Å²) in [5.74, 6) is 2.47. The van der Waals surface area contributed by atoms with Gasteiger partial charge in [0.25, 0.3) is 0 Å². The highest BCUT2D eigenvalue weighted by atomic mass is 32.2. The van der Waals surface area contributed by atoms with Gasteiger partial charge in [0, 0.05) is 24.6 Å². The molecule has 0 aliphatic carbocycles. The quantitative estimate of drug-likeness (QED) is 0.761. The average Bonchev–Trinajstić information content (AvgIpc) is 3.13. The highest BCUT2D eigenvalue weighted by molar-refractivity contribution is 7.99. The molecule has 1 aromatic carbocycles. The largest absolute Gasteiger partial charge is 0.416 e. The van der Waals surface area contributed by atoms with Crippen LogP contribution in [-0.2, 0) is 11.7 Å². The monoisotopic (exact) mass is 399 g/mol. The Morgan fingerprint density at radius 1 is 1.19 bits per heavy atom. The van der Waals surface area contributed by atoms with E-state index in [1.165, 1.54) is 12.1 Å². The zero-order chi connectivity index (χ0) is 19.7. The highest BCUT2D eigenvalue weighted by Gasteiger charge is 2.35. The maximum absolute atomic E-state index is 13.3. The van der Waals surface area contributed by atoms with Crippen LogP contribution in [-0.4, -0.2) is 49.7 Å². The minimum atomic E-state index is -4.38. The van der Waals surface area contributed by atoms with Crippen molar-refractivity contribution in [2.45, 2.75) is 44.9 Å². The van der Waals surface area contributed by atoms with Gasteiger partial charge < -0.3 is 0 Å². The van der Waals surface area contributed by atoms with E-state index in [1.807, 2.05) is 32.5 Å². The number of tetrazole rings is 1. The molecular formula is C18H24F3N5S. The fourth-order valence-corrected chi connectivity index (χ4v) is 4.12. The van der Waals surface area contributed by atoms with Crippen LogP contribution in [0.4, 0.5) is 13.2 Å². The average molecular weight is 399 g/mol. The summed E-state index contributed by atoms with van der Waals surface area (Å²) >= 11 is 1.85. The molecule has 0 saturated carbocycles. The van der Waals surface area contributed by atoms with Crippen molar-refractivity contribution in [2.75, 3.05) is 24.6 Å². The molecule has 0 unspecified atom stereocenters. The van der Waals surface area contributed by atoms with Gasteiger partial charge in [0.2, 0.25) is 0 Å². The minimum absolute atomic E-state index is 0.330. The lowest BCUT2D eigenvalue weighted by Gasteiger charge is -2.35. The summed E-state index contributed by atoms with van der Waals surface area (Å²) in [5, 5.41) is 12.3. The molecule has 1 aromatic heterocycles. The molecule has 2 aromatic rings. The second-order valence-corrected chi connectivity index (χ2v) is 8.51. The van der Waals surface area contributed by atoms with Crippen LogP contribution in [0.5, 0.6) is 0 Å². The van der Waals surface area contributed by atoms with Crippen LogP contribution in [0.1, 0.15) is 50.2 Å². The van der Waals surface area contributed by atoms with E-state index in [0.29, 0.717) is 11.4 Å². The van der Waals surface area contributed by atoms with Crippen LogP contribution in [0.15, 0.2) is 24.3 Å². The van der Waals surface area contributed by atoms with Gasteiger partial charge in [0.15, 0.2) is 5.82 Å². The third-order valence-corrected chi connectivity index (χ3v) is 6.06. The fourth-order valence-electron chi connectivity index (χ4n) is 3.19. The molecule has 0 bridgehead atoms. The first-order chi connectivity index (χ1) is 12.7. The molecule has 1 atom stereocenters. The molecule has 5 nitrogen and oxygen atoms in total. The molecule has 1 saturated heterocycles. The molecule has 0 radical (unpaired) electrons. The van der Waals surface area contributed by atoms with Gasteiger partial charge in [-0.05, 0) is 48.4 Å². The number of hydrogen-bond acceptors (Lipinski definition) is 5. The van der Waals surface area contributed by atoms with E-state index >= 15 is 0 Å². The number of rotatable bonds is 5. The predicted octanol–water partition coefficient (Wildman–Crippen LogP) is 3.98. The number of aromatic nitrogens is 4. The molecule has 27 heavy (non-hydrogen) atoms. The zero-order valence-corrected chi connectivity index (χ0v) is 16.5. The Kier molecular flexibility index (Phi) is 5.81. The third kappa shape index (κ3) is 4.29. The second kappa shape index (κ2) is 7.79. The fraction of sp³-hybridized carbons (Fsp3) is 0.611. The van der Waals surface area contributed by atoms with E-state index in [4.69, 9.17) is 0 Å². The summed E-state index contributed by atoms with van der Waals surface area (Å²) in [4.78, 5) is 2.18. The van der Waals surface area contributed by atoms with Crippen LogP contribution >= 0.6 is 11.8 Å². The maximum Gasteiger partial charge on any atom is 0.416 e. The second-order valence-electron chi connectivity index (χ2n) is 7.29. The summed E-state index contributed by atoms with van der Waals surface area (Å²) in [6.07, 6.45) is -3.58. The van der Waals surface area contributed by atoms with Crippen molar-refractivity contribution in [2.24, 2.45) is 0 Å². The first-order valence-corrected chi connectivity index (χ1v) is 10.2. The standard InChI is InChI=1S/C18H24F3N5S/c1-4-17(2,3)26-16(22-23-24-26)15(25-8-10-27-11-9-25)13-6-5-7-14(12-13)18(19,20)21/h5-7,12,15H,4,8-11H2,1-3H3/t15-/m0/s1. The first-order valence-electron chi connectivity index (χ1n) is 9.02. The molecule has 0 N–H and O–H groups in total. The number of nitrogens with zero attached hydrogens (tertiary/aromatic N) is 5. The van der Waals surface area contributed by atoms with Crippen LogP contribution in [0, 0.1) is 0 Å². The van der Waals surface area contributed by atoms with E-state index in [-0.39, 0.29) is 5.54 Å². The van der Waals surface area contributed by atoms with Crippen molar-refractivity contribution in [1.82, 2.24) is 25.1 Å². The third-order valence-electron chi connectivity index (χ3n) is 5.12. The summed E-state index contributed by atoms with van der Waals surface area (Å²) in [5.41, 5.74) is -0.409. The lowest BCUT2D eigenvalue weighted by molar-refractivity contribution is -0.137. The Morgan fingerprint density at radius 2 is 1.89 bits per heavy atom. The Bertz CT molecular complexity index is 768. The van der Waals surface area contributed by atoms with Crippen molar-refractivity contribution in [1.29, 1.82) is 0 Å². The van der Waals surface area contributed by atoms with Gasteiger partial charge in [-0.1, -0.05) is 19.1 Å². The Hall–Kier alpha value is -1.61. The molecule has 1 aliphatic rings. The molecule has 1 aliphatic heterocycles. The number of benzene rings is 1. The summed E-state index contributed by atoms with van der Waals surface area (Å²) in [6.45, 7) is 7.67. The Labute approximate surface area is 161 Å². The van der Waals surface area contributed by atoms with Crippen LogP contribution in [0.3, 0.4) is 0 Å². The summed E-state index contributed by atoms with van der Waals surface area (Å²) in [7, 11) is 0. The predicted molar refractivity (Wildman–Crippen MR) is 99.6 cm³/mol. The number of halogens is 3. The molecule has 148 valence electrons. The molecule has 9 heteroatoms. The van der Waals surface area contributed by atoms with Crippen molar-refractivity contribution in [3.8, 4) is 0 Å². The maximum atomic E-state index is 13.3. The SMILES string of the molecule is CCC(C)(C)n1nnnc1[C@H](c1cccc(C(F)(F)F)c1)N1CCSCC1. The van der Waals surface area contributed by atoms with Gasteiger partial charge in [0.1, 0.15) is 0 Å². The zero-order valence-electron chi connectivity index (χ0n) is 15.7. The van der Waals surface area contributed by atoms with Crippen LogP contribution < -0.4 is 0 Å². The molecule has 3 rings (SSSR count). The van der Waals surface area contributed by atoms with E-state index in [2.05, 4.69) is 20.4 Å². The summed E-state index contributed by atoms with van der Waals surface area (Å²) in [6, 6.07) is 5.12. The Balaban J connectivity index is 2.10. The van der Waals surface area contributed by atoms with Crippen molar-refractivity contribution >= 4 is 11.8 Å². The molecule has 0 amide bonds. The molecule has 1 fully saturated rings. The smallest absolute Gasteiger partial charge is 0.288 e. The highest BCUT2D eigenvalue weighted by Crippen LogP contribution is 2.36. The summed E-state index contributed by atoms with van der Waals surface area (Å²) < 4.78 is 41.6. The van der Waals surface area contributed by atoms with Crippen molar-refractivity contribution in [3.05, 3.63) is 41.2 Å². The van der Waals surface area contributed by atoms with E-state index < -0.39 is 17.8 Å². The molecular weight excluding hydrogens is 375 g/mol. The number of hydrogen-bond donors (Lipinski definition) is 0. The van der Waals surface area contributed by atoms with Gasteiger partial charge in [-0.2, -0.15) is 24.9 Å². The topological polar surface area (TPSA) is 46.8 Å².